The maximum Gasteiger partial charge on any atom is 0.222 e. The lowest BCUT2D eigenvalue weighted by atomic mass is 10.0. The van der Waals surface area contributed by atoms with Gasteiger partial charge < -0.3 is 4.90 Å². The molecule has 0 bridgehead atoms. The Morgan fingerprint density at radius 1 is 1.29 bits per heavy atom. The highest BCUT2D eigenvalue weighted by atomic mass is 16.2. The zero-order valence-corrected chi connectivity index (χ0v) is 10.6. The average molecular weight is 199 g/mol. The van der Waals surface area contributed by atoms with Gasteiger partial charge in [0.05, 0.1) is 0 Å². The highest BCUT2D eigenvalue weighted by molar-refractivity contribution is 5.76. The Balaban J connectivity index is 4.47. The Hall–Kier alpha value is -0.530. The standard InChI is InChI=1S/C12H25NO/c1-7-8-11(14)13(9-10(2)3)12(4,5)6/h10H,7-9H2,1-6H3. The minimum atomic E-state index is -0.0451. The van der Waals surface area contributed by atoms with Crippen molar-refractivity contribution in [1.82, 2.24) is 4.90 Å². The van der Waals surface area contributed by atoms with Gasteiger partial charge in [0.1, 0.15) is 0 Å². The largest absolute Gasteiger partial charge is 0.338 e. The molecule has 2 nitrogen and oxygen atoms in total. The fourth-order valence-electron chi connectivity index (χ4n) is 1.46. The third kappa shape index (κ3) is 4.64. The van der Waals surface area contributed by atoms with Crippen LogP contribution < -0.4 is 0 Å². The summed E-state index contributed by atoms with van der Waals surface area (Å²) in [6, 6.07) is 0. The van der Waals surface area contributed by atoms with Gasteiger partial charge in [-0.05, 0) is 33.1 Å². The van der Waals surface area contributed by atoms with Crippen LogP contribution in [-0.2, 0) is 4.79 Å². The molecule has 0 aliphatic rings. The van der Waals surface area contributed by atoms with Crippen molar-refractivity contribution in [3.8, 4) is 0 Å². The lowest BCUT2D eigenvalue weighted by Crippen LogP contribution is -2.47. The Kier molecular flexibility index (Phi) is 5.17. The predicted octanol–water partition coefficient (Wildman–Crippen LogP) is 3.07. The first kappa shape index (κ1) is 13.5. The molecule has 0 saturated heterocycles. The quantitative estimate of drug-likeness (QED) is 0.681. The monoisotopic (exact) mass is 199 g/mol. The van der Waals surface area contributed by atoms with Crippen LogP contribution in [0.5, 0.6) is 0 Å². The van der Waals surface area contributed by atoms with Gasteiger partial charge in [-0.15, -0.1) is 0 Å². The van der Waals surface area contributed by atoms with Crippen molar-refractivity contribution < 1.29 is 4.79 Å². The molecule has 0 radical (unpaired) electrons. The van der Waals surface area contributed by atoms with Gasteiger partial charge in [0.25, 0.3) is 0 Å². The molecule has 0 spiro atoms. The van der Waals surface area contributed by atoms with E-state index in [1.807, 2.05) is 11.8 Å². The number of carbonyl (C=O) groups is 1. The average Bonchev–Trinajstić information content (AvgIpc) is 1.98. The van der Waals surface area contributed by atoms with Crippen LogP contribution in [0.1, 0.15) is 54.4 Å². The molecule has 14 heavy (non-hydrogen) atoms. The minimum absolute atomic E-state index is 0.0451. The Morgan fingerprint density at radius 2 is 1.79 bits per heavy atom. The minimum Gasteiger partial charge on any atom is -0.338 e. The topological polar surface area (TPSA) is 20.3 Å². The second-order valence-electron chi connectivity index (χ2n) is 5.32. The summed E-state index contributed by atoms with van der Waals surface area (Å²) in [6.45, 7) is 13.5. The highest BCUT2D eigenvalue weighted by Crippen LogP contribution is 2.17. The molecule has 0 aromatic rings. The van der Waals surface area contributed by atoms with Crippen LogP contribution >= 0.6 is 0 Å². The third-order valence-corrected chi connectivity index (χ3v) is 2.12. The van der Waals surface area contributed by atoms with E-state index in [1.165, 1.54) is 0 Å². The lowest BCUT2D eigenvalue weighted by Gasteiger charge is -2.37. The normalized spacial score (nSPS) is 11.9. The first-order valence-electron chi connectivity index (χ1n) is 5.59. The van der Waals surface area contributed by atoms with E-state index >= 15 is 0 Å². The summed E-state index contributed by atoms with van der Waals surface area (Å²) in [7, 11) is 0. The van der Waals surface area contributed by atoms with E-state index in [1.54, 1.807) is 0 Å². The summed E-state index contributed by atoms with van der Waals surface area (Å²) in [5.74, 6) is 0.823. The van der Waals surface area contributed by atoms with Crippen molar-refractivity contribution in [2.45, 2.75) is 59.9 Å². The van der Waals surface area contributed by atoms with E-state index in [-0.39, 0.29) is 11.4 Å². The molecule has 1 amide bonds. The van der Waals surface area contributed by atoms with Gasteiger partial charge in [0, 0.05) is 18.5 Å². The Bertz CT molecular complexity index is 179. The number of nitrogens with zero attached hydrogens (tertiary/aromatic N) is 1. The van der Waals surface area contributed by atoms with Crippen LogP contribution in [0.4, 0.5) is 0 Å². The molecule has 0 unspecified atom stereocenters. The van der Waals surface area contributed by atoms with Crippen LogP contribution in [-0.4, -0.2) is 22.9 Å². The van der Waals surface area contributed by atoms with Crippen LogP contribution in [0.2, 0.25) is 0 Å². The molecule has 0 aliphatic carbocycles. The molecule has 0 aromatic heterocycles. The first-order valence-corrected chi connectivity index (χ1v) is 5.59. The van der Waals surface area contributed by atoms with Crippen LogP contribution in [0, 0.1) is 5.92 Å². The number of hydrogen-bond acceptors (Lipinski definition) is 1. The van der Waals surface area contributed by atoms with Gasteiger partial charge in [-0.3, -0.25) is 4.79 Å². The van der Waals surface area contributed by atoms with Crippen molar-refractivity contribution in [3.05, 3.63) is 0 Å². The zero-order valence-electron chi connectivity index (χ0n) is 10.6. The summed E-state index contributed by atoms with van der Waals surface area (Å²) >= 11 is 0. The summed E-state index contributed by atoms with van der Waals surface area (Å²) < 4.78 is 0. The van der Waals surface area contributed by atoms with Gasteiger partial charge in [0.15, 0.2) is 0 Å². The van der Waals surface area contributed by atoms with E-state index in [0.717, 1.165) is 13.0 Å². The maximum absolute atomic E-state index is 11.9. The first-order chi connectivity index (χ1) is 6.29. The molecular weight excluding hydrogens is 174 g/mol. The molecule has 0 heterocycles. The lowest BCUT2D eigenvalue weighted by molar-refractivity contribution is -0.136. The fourth-order valence-corrected chi connectivity index (χ4v) is 1.46. The van der Waals surface area contributed by atoms with Crippen molar-refractivity contribution in [2.75, 3.05) is 6.54 Å². The van der Waals surface area contributed by atoms with Crippen LogP contribution in [0.3, 0.4) is 0 Å². The summed E-state index contributed by atoms with van der Waals surface area (Å²) in [4.78, 5) is 13.9. The van der Waals surface area contributed by atoms with Gasteiger partial charge in [-0.1, -0.05) is 20.8 Å². The Labute approximate surface area is 88.7 Å². The van der Waals surface area contributed by atoms with Gasteiger partial charge in [-0.25, -0.2) is 0 Å². The molecule has 84 valence electrons. The predicted molar refractivity (Wildman–Crippen MR) is 61.2 cm³/mol. The third-order valence-electron chi connectivity index (χ3n) is 2.12. The summed E-state index contributed by atoms with van der Waals surface area (Å²) in [5.41, 5.74) is -0.0451. The van der Waals surface area contributed by atoms with Crippen molar-refractivity contribution >= 4 is 5.91 Å². The van der Waals surface area contributed by atoms with Crippen LogP contribution in [0.15, 0.2) is 0 Å². The molecule has 2 heteroatoms. The van der Waals surface area contributed by atoms with Gasteiger partial charge >= 0.3 is 0 Å². The smallest absolute Gasteiger partial charge is 0.222 e. The maximum atomic E-state index is 11.9. The molecule has 0 aliphatic heterocycles. The molecule has 0 fully saturated rings. The second kappa shape index (κ2) is 5.38. The Morgan fingerprint density at radius 3 is 2.07 bits per heavy atom. The zero-order chi connectivity index (χ0) is 11.4. The number of carbonyl (C=O) groups excluding carboxylic acids is 1. The van der Waals surface area contributed by atoms with Gasteiger partial charge in [-0.2, -0.15) is 0 Å². The van der Waals surface area contributed by atoms with Crippen molar-refractivity contribution in [2.24, 2.45) is 5.92 Å². The molecule has 0 aromatic carbocycles. The second-order valence-corrected chi connectivity index (χ2v) is 5.32. The number of rotatable bonds is 4. The fraction of sp³-hybridized carbons (Fsp3) is 0.917. The van der Waals surface area contributed by atoms with Gasteiger partial charge in [0.2, 0.25) is 5.91 Å². The van der Waals surface area contributed by atoms with Crippen molar-refractivity contribution in [3.63, 3.8) is 0 Å². The van der Waals surface area contributed by atoms with E-state index in [4.69, 9.17) is 0 Å². The summed E-state index contributed by atoms with van der Waals surface area (Å²) in [6.07, 6.45) is 1.60. The van der Waals surface area contributed by atoms with E-state index in [2.05, 4.69) is 34.6 Å². The summed E-state index contributed by atoms with van der Waals surface area (Å²) in [5, 5.41) is 0. The molecule has 0 saturated carbocycles. The molecule has 0 N–H and O–H groups in total. The SMILES string of the molecule is CCCC(=O)N(CC(C)C)C(C)(C)C. The van der Waals surface area contributed by atoms with E-state index in [0.29, 0.717) is 12.3 Å². The molecular formula is C12H25NO. The van der Waals surface area contributed by atoms with E-state index < -0.39 is 0 Å². The highest BCUT2D eigenvalue weighted by Gasteiger charge is 2.25. The molecule has 0 atom stereocenters. The molecule has 0 rings (SSSR count). The van der Waals surface area contributed by atoms with Crippen LogP contribution in [0.25, 0.3) is 0 Å². The number of hydrogen-bond donors (Lipinski definition) is 0. The van der Waals surface area contributed by atoms with E-state index in [9.17, 15) is 4.79 Å². The van der Waals surface area contributed by atoms with Crippen molar-refractivity contribution in [1.29, 1.82) is 0 Å². The number of amides is 1.